The molecule has 0 aliphatic carbocycles. The second-order valence-electron chi connectivity index (χ2n) is 2.16. The van der Waals surface area contributed by atoms with Crippen molar-refractivity contribution in [3.05, 3.63) is 0 Å². The van der Waals surface area contributed by atoms with Gasteiger partial charge in [0.25, 0.3) is 0 Å². The minimum atomic E-state index is 0.346. The van der Waals surface area contributed by atoms with Gasteiger partial charge in [0.15, 0.2) is 0 Å². The summed E-state index contributed by atoms with van der Waals surface area (Å²) < 4.78 is 0. The molecule has 0 fully saturated rings. The molecule has 0 bridgehead atoms. The number of rotatable bonds is 4. The Kier molecular flexibility index (Phi) is 5.56. The minimum Gasteiger partial charge on any atom is -0.328 e. The molecule has 0 aromatic heterocycles. The molecule has 1 nitrogen and oxygen atoms in total. The molecule has 1 unspecified atom stereocenters. The van der Waals surface area contributed by atoms with Crippen LogP contribution in [-0.4, -0.2) is 11.9 Å². The maximum Gasteiger partial charge on any atom is 0.0223 e. The van der Waals surface area contributed by atoms with E-state index in [2.05, 4.69) is 0 Å². The molecule has 0 radical (unpaired) electrons. The Labute approximate surface area is 56.2 Å². The summed E-state index contributed by atoms with van der Waals surface area (Å²) in [7, 11) is 0. The average molecular weight is 136 g/mol. The third kappa shape index (κ3) is 6.25. The number of hydrogen-bond acceptors (Lipinski definition) is 1. The topological polar surface area (TPSA) is 26.0 Å². The molecule has 0 heterocycles. The predicted octanol–water partition coefficient (Wildman–Crippen LogP) is 1.74. The molecule has 0 saturated heterocycles. The van der Waals surface area contributed by atoms with Gasteiger partial charge in [0.05, 0.1) is 0 Å². The van der Waals surface area contributed by atoms with Crippen LogP contribution >= 0.6 is 11.6 Å². The van der Waals surface area contributed by atoms with Crippen LogP contribution in [0.4, 0.5) is 0 Å². The fourth-order valence-electron chi connectivity index (χ4n) is 0.561. The first kappa shape index (κ1) is 8.25. The molecule has 1 atom stereocenters. The van der Waals surface area contributed by atoms with Crippen LogP contribution in [0, 0.1) is 0 Å². The zero-order valence-electron chi connectivity index (χ0n) is 5.36. The molecule has 0 spiro atoms. The summed E-state index contributed by atoms with van der Waals surface area (Å²) in [5, 5.41) is 0. The van der Waals surface area contributed by atoms with E-state index in [0.29, 0.717) is 6.04 Å². The van der Waals surface area contributed by atoms with E-state index in [4.69, 9.17) is 17.3 Å². The van der Waals surface area contributed by atoms with E-state index < -0.39 is 0 Å². The van der Waals surface area contributed by atoms with Crippen molar-refractivity contribution in [3.8, 4) is 0 Å². The first-order valence-corrected chi connectivity index (χ1v) is 3.62. The molecule has 2 N–H and O–H groups in total. The van der Waals surface area contributed by atoms with Gasteiger partial charge in [-0.15, -0.1) is 11.6 Å². The van der Waals surface area contributed by atoms with Crippen molar-refractivity contribution in [3.63, 3.8) is 0 Å². The quantitative estimate of drug-likeness (QED) is 0.461. The molecule has 2 heteroatoms. The zero-order valence-corrected chi connectivity index (χ0v) is 6.12. The Balaban J connectivity index is 2.72. The van der Waals surface area contributed by atoms with Gasteiger partial charge in [-0.05, 0) is 19.8 Å². The Morgan fingerprint density at radius 3 is 2.50 bits per heavy atom. The largest absolute Gasteiger partial charge is 0.328 e. The maximum absolute atomic E-state index is 5.49. The summed E-state index contributed by atoms with van der Waals surface area (Å²) in [6.07, 6.45) is 3.37. The second-order valence-corrected chi connectivity index (χ2v) is 2.54. The fraction of sp³-hybridized carbons (Fsp3) is 1.00. The number of unbranched alkanes of at least 4 members (excludes halogenated alkanes) is 1. The van der Waals surface area contributed by atoms with Crippen molar-refractivity contribution >= 4 is 11.6 Å². The Hall–Kier alpha value is 0.250. The molecule has 8 heavy (non-hydrogen) atoms. The molecule has 0 aromatic rings. The van der Waals surface area contributed by atoms with E-state index >= 15 is 0 Å². The van der Waals surface area contributed by atoms with Crippen molar-refractivity contribution in [1.82, 2.24) is 0 Å². The van der Waals surface area contributed by atoms with E-state index in [1.807, 2.05) is 6.92 Å². The standard InChI is InChI=1S/C6H14ClN/c1-6(8)4-2-3-5-7/h6H,2-5,8H2,1H3. The molecule has 50 valence electrons. The van der Waals surface area contributed by atoms with E-state index in [9.17, 15) is 0 Å². The van der Waals surface area contributed by atoms with Gasteiger partial charge in [-0.2, -0.15) is 0 Å². The fourth-order valence-corrected chi connectivity index (χ4v) is 0.750. The third-order valence-corrected chi connectivity index (χ3v) is 1.31. The highest BCUT2D eigenvalue weighted by atomic mass is 35.5. The highest BCUT2D eigenvalue weighted by molar-refractivity contribution is 6.17. The van der Waals surface area contributed by atoms with Gasteiger partial charge in [0.1, 0.15) is 0 Å². The van der Waals surface area contributed by atoms with Gasteiger partial charge in [-0.1, -0.05) is 6.42 Å². The van der Waals surface area contributed by atoms with E-state index in [1.165, 1.54) is 6.42 Å². The highest BCUT2D eigenvalue weighted by Gasteiger charge is 1.91. The van der Waals surface area contributed by atoms with Crippen molar-refractivity contribution in [2.45, 2.75) is 32.2 Å². The van der Waals surface area contributed by atoms with Crippen LogP contribution in [0.5, 0.6) is 0 Å². The first-order chi connectivity index (χ1) is 3.77. The second kappa shape index (κ2) is 5.39. The van der Waals surface area contributed by atoms with E-state index in [0.717, 1.165) is 18.7 Å². The zero-order chi connectivity index (χ0) is 6.41. The van der Waals surface area contributed by atoms with Crippen LogP contribution in [0.1, 0.15) is 26.2 Å². The lowest BCUT2D eigenvalue weighted by Gasteiger charge is -2.00. The van der Waals surface area contributed by atoms with Gasteiger partial charge >= 0.3 is 0 Å². The van der Waals surface area contributed by atoms with Gasteiger partial charge in [0, 0.05) is 11.9 Å². The lowest BCUT2D eigenvalue weighted by Crippen LogP contribution is -2.13. The molecule has 0 aliphatic heterocycles. The first-order valence-electron chi connectivity index (χ1n) is 3.09. The van der Waals surface area contributed by atoms with Crippen LogP contribution in [0.3, 0.4) is 0 Å². The van der Waals surface area contributed by atoms with Crippen LogP contribution in [-0.2, 0) is 0 Å². The summed E-state index contributed by atoms with van der Waals surface area (Å²) in [5.74, 6) is 0.771. The van der Waals surface area contributed by atoms with Crippen LogP contribution in [0.25, 0.3) is 0 Å². The van der Waals surface area contributed by atoms with Gasteiger partial charge < -0.3 is 5.73 Å². The summed E-state index contributed by atoms with van der Waals surface area (Å²) in [6.45, 7) is 2.02. The van der Waals surface area contributed by atoms with Gasteiger partial charge in [0.2, 0.25) is 0 Å². The minimum absolute atomic E-state index is 0.346. The highest BCUT2D eigenvalue weighted by Crippen LogP contribution is 1.98. The van der Waals surface area contributed by atoms with Gasteiger partial charge in [-0.3, -0.25) is 0 Å². The summed E-state index contributed by atoms with van der Waals surface area (Å²) in [4.78, 5) is 0. The Morgan fingerprint density at radius 1 is 1.50 bits per heavy atom. The molecular formula is C6H14ClN. The predicted molar refractivity (Wildman–Crippen MR) is 38.2 cm³/mol. The molecule has 0 aliphatic rings. The summed E-state index contributed by atoms with van der Waals surface area (Å²) in [5.41, 5.74) is 5.49. The number of alkyl halides is 1. The lowest BCUT2D eigenvalue weighted by atomic mass is 10.2. The van der Waals surface area contributed by atoms with Crippen molar-refractivity contribution < 1.29 is 0 Å². The molecule has 0 saturated carbocycles. The van der Waals surface area contributed by atoms with Crippen molar-refractivity contribution in [2.24, 2.45) is 5.73 Å². The van der Waals surface area contributed by atoms with Crippen LogP contribution < -0.4 is 5.73 Å². The SMILES string of the molecule is CC(N)CCCCCl. The Bertz CT molecular complexity index is 45.8. The maximum atomic E-state index is 5.49. The molecule has 0 aromatic carbocycles. The monoisotopic (exact) mass is 135 g/mol. The summed E-state index contributed by atoms with van der Waals surface area (Å²) >= 11 is 5.44. The van der Waals surface area contributed by atoms with Crippen molar-refractivity contribution in [2.75, 3.05) is 5.88 Å². The van der Waals surface area contributed by atoms with Crippen molar-refractivity contribution in [1.29, 1.82) is 0 Å². The summed E-state index contributed by atoms with van der Waals surface area (Å²) in [6, 6.07) is 0.346. The van der Waals surface area contributed by atoms with Crippen LogP contribution in [0.2, 0.25) is 0 Å². The number of nitrogens with two attached hydrogens (primary N) is 1. The van der Waals surface area contributed by atoms with Gasteiger partial charge in [-0.25, -0.2) is 0 Å². The number of halogens is 1. The number of hydrogen-bond donors (Lipinski definition) is 1. The van der Waals surface area contributed by atoms with E-state index in [-0.39, 0.29) is 0 Å². The van der Waals surface area contributed by atoms with E-state index in [1.54, 1.807) is 0 Å². The third-order valence-electron chi connectivity index (χ3n) is 1.04. The molecular weight excluding hydrogens is 122 g/mol. The Morgan fingerprint density at radius 2 is 2.12 bits per heavy atom. The molecule has 0 amide bonds. The lowest BCUT2D eigenvalue weighted by molar-refractivity contribution is 0.617. The van der Waals surface area contributed by atoms with Crippen LogP contribution in [0.15, 0.2) is 0 Å². The molecule has 0 rings (SSSR count). The normalized spacial score (nSPS) is 13.9. The average Bonchev–Trinajstić information content (AvgIpc) is 1.66. The smallest absolute Gasteiger partial charge is 0.0223 e.